The number of hydrogen-bond acceptors (Lipinski definition) is 1. The number of hydrogen-bond donors (Lipinski definition) is 1. The van der Waals surface area contributed by atoms with Crippen molar-refractivity contribution in [3.8, 4) is 0 Å². The Kier molecular flexibility index (Phi) is 5.86. The fourth-order valence-corrected chi connectivity index (χ4v) is 3.78. The third kappa shape index (κ3) is 3.95. The molecule has 1 saturated carbocycles. The van der Waals surface area contributed by atoms with Crippen LogP contribution >= 0.6 is 11.6 Å². The highest BCUT2D eigenvalue weighted by molar-refractivity contribution is 6.30. The smallest absolute Gasteiger partial charge is 0.127 e. The molecule has 20 heavy (non-hydrogen) atoms. The van der Waals surface area contributed by atoms with E-state index < -0.39 is 0 Å². The molecule has 0 bridgehead atoms. The number of rotatable bonds is 5. The third-order valence-electron chi connectivity index (χ3n) is 4.75. The van der Waals surface area contributed by atoms with Crippen molar-refractivity contribution in [2.45, 2.75) is 45.4 Å². The molecular weight excluding hydrogens is 273 g/mol. The van der Waals surface area contributed by atoms with Crippen molar-refractivity contribution >= 4 is 11.6 Å². The van der Waals surface area contributed by atoms with Crippen molar-refractivity contribution in [3.05, 3.63) is 34.6 Å². The summed E-state index contributed by atoms with van der Waals surface area (Å²) >= 11 is 5.82. The fourth-order valence-electron chi connectivity index (χ4n) is 3.62. The van der Waals surface area contributed by atoms with E-state index in [2.05, 4.69) is 6.92 Å². The first-order valence-corrected chi connectivity index (χ1v) is 8.15. The third-order valence-corrected chi connectivity index (χ3v) is 4.98. The van der Waals surface area contributed by atoms with Gasteiger partial charge in [0.15, 0.2) is 0 Å². The second kappa shape index (κ2) is 7.42. The first-order chi connectivity index (χ1) is 9.63. The number of halogens is 2. The minimum atomic E-state index is -0.175. The Hall–Kier alpha value is -0.600. The molecule has 0 heterocycles. The first-order valence-electron chi connectivity index (χ1n) is 7.78. The number of nitrogens with two attached hydrogens (primary N) is 1. The summed E-state index contributed by atoms with van der Waals surface area (Å²) in [5.41, 5.74) is 6.70. The minimum Gasteiger partial charge on any atom is -0.330 e. The van der Waals surface area contributed by atoms with Gasteiger partial charge in [0.05, 0.1) is 0 Å². The van der Waals surface area contributed by atoms with E-state index in [0.29, 0.717) is 16.9 Å². The predicted molar refractivity (Wildman–Crippen MR) is 83.4 cm³/mol. The van der Waals surface area contributed by atoms with Gasteiger partial charge in [0.25, 0.3) is 0 Å². The molecule has 1 aromatic carbocycles. The summed E-state index contributed by atoms with van der Waals surface area (Å²) in [4.78, 5) is 0. The molecule has 1 aliphatic rings. The standard InChI is InChI=1S/C17H25ClFN/c1-2-3-12-4-5-14(11-20)15(8-12)9-13-6-7-16(18)10-17(13)19/h6-7,10,12,14-15H,2-5,8-9,11,20H2,1H3. The Morgan fingerprint density at radius 2 is 2.10 bits per heavy atom. The summed E-state index contributed by atoms with van der Waals surface area (Å²) in [6.07, 6.45) is 7.00. The van der Waals surface area contributed by atoms with E-state index in [9.17, 15) is 4.39 Å². The normalized spacial score (nSPS) is 26.7. The van der Waals surface area contributed by atoms with Crippen molar-refractivity contribution in [2.24, 2.45) is 23.5 Å². The first kappa shape index (κ1) is 15.8. The maximum absolute atomic E-state index is 14.0. The average molecular weight is 298 g/mol. The Labute approximate surface area is 126 Å². The van der Waals surface area contributed by atoms with Crippen LogP contribution in [0, 0.1) is 23.6 Å². The molecule has 0 saturated heterocycles. The topological polar surface area (TPSA) is 26.0 Å². The molecular formula is C17H25ClFN. The zero-order chi connectivity index (χ0) is 14.5. The summed E-state index contributed by atoms with van der Waals surface area (Å²) in [7, 11) is 0. The molecule has 3 unspecified atom stereocenters. The molecule has 1 aliphatic carbocycles. The van der Waals surface area contributed by atoms with Crippen LogP contribution in [0.5, 0.6) is 0 Å². The molecule has 0 aliphatic heterocycles. The van der Waals surface area contributed by atoms with Crippen LogP contribution in [0.2, 0.25) is 5.02 Å². The van der Waals surface area contributed by atoms with Crippen LogP contribution in [0.15, 0.2) is 18.2 Å². The van der Waals surface area contributed by atoms with Crippen molar-refractivity contribution < 1.29 is 4.39 Å². The van der Waals surface area contributed by atoms with Gasteiger partial charge in [-0.2, -0.15) is 0 Å². The molecule has 112 valence electrons. The van der Waals surface area contributed by atoms with E-state index in [0.717, 1.165) is 24.4 Å². The Bertz CT molecular complexity index is 435. The Balaban J connectivity index is 2.07. The second-order valence-electron chi connectivity index (χ2n) is 6.16. The Morgan fingerprint density at radius 3 is 2.75 bits per heavy atom. The molecule has 1 fully saturated rings. The van der Waals surface area contributed by atoms with E-state index >= 15 is 0 Å². The van der Waals surface area contributed by atoms with Crippen LogP contribution in [0.1, 0.15) is 44.6 Å². The average Bonchev–Trinajstić information content (AvgIpc) is 2.43. The lowest BCUT2D eigenvalue weighted by molar-refractivity contribution is 0.175. The fraction of sp³-hybridized carbons (Fsp3) is 0.647. The van der Waals surface area contributed by atoms with Crippen LogP contribution in [-0.4, -0.2) is 6.54 Å². The van der Waals surface area contributed by atoms with Crippen molar-refractivity contribution in [3.63, 3.8) is 0 Å². The van der Waals surface area contributed by atoms with Crippen LogP contribution in [0.4, 0.5) is 4.39 Å². The van der Waals surface area contributed by atoms with Gasteiger partial charge in [0.2, 0.25) is 0 Å². The van der Waals surface area contributed by atoms with Gasteiger partial charge < -0.3 is 5.73 Å². The Morgan fingerprint density at radius 1 is 1.30 bits per heavy atom. The van der Waals surface area contributed by atoms with E-state index in [1.807, 2.05) is 6.07 Å². The predicted octanol–water partition coefficient (Wildman–Crippen LogP) is 4.81. The summed E-state index contributed by atoms with van der Waals surface area (Å²) in [5, 5.41) is 0.467. The molecule has 0 aromatic heterocycles. The zero-order valence-corrected chi connectivity index (χ0v) is 13.0. The van der Waals surface area contributed by atoms with Gasteiger partial charge in [-0.3, -0.25) is 0 Å². The zero-order valence-electron chi connectivity index (χ0n) is 12.2. The van der Waals surface area contributed by atoms with Crippen LogP contribution in [-0.2, 0) is 6.42 Å². The van der Waals surface area contributed by atoms with Gasteiger partial charge in [-0.25, -0.2) is 4.39 Å². The summed E-state index contributed by atoms with van der Waals surface area (Å²) in [6.45, 7) is 2.96. The monoisotopic (exact) mass is 297 g/mol. The highest BCUT2D eigenvalue weighted by Crippen LogP contribution is 2.38. The lowest BCUT2D eigenvalue weighted by Crippen LogP contribution is -2.32. The van der Waals surface area contributed by atoms with Crippen molar-refractivity contribution in [1.29, 1.82) is 0 Å². The molecule has 2 N–H and O–H groups in total. The molecule has 3 atom stereocenters. The van der Waals surface area contributed by atoms with E-state index in [4.69, 9.17) is 17.3 Å². The number of benzene rings is 1. The second-order valence-corrected chi connectivity index (χ2v) is 6.60. The van der Waals surface area contributed by atoms with Crippen LogP contribution in [0.25, 0.3) is 0 Å². The van der Waals surface area contributed by atoms with Gasteiger partial charge >= 0.3 is 0 Å². The highest BCUT2D eigenvalue weighted by atomic mass is 35.5. The summed E-state index contributed by atoms with van der Waals surface area (Å²) < 4.78 is 14.0. The van der Waals surface area contributed by atoms with Gasteiger partial charge in [-0.05, 0) is 61.3 Å². The quantitative estimate of drug-likeness (QED) is 0.829. The maximum Gasteiger partial charge on any atom is 0.127 e. The molecule has 1 nitrogen and oxygen atoms in total. The van der Waals surface area contributed by atoms with Crippen molar-refractivity contribution in [1.82, 2.24) is 0 Å². The van der Waals surface area contributed by atoms with Crippen LogP contribution < -0.4 is 5.73 Å². The SMILES string of the molecule is CCCC1CCC(CN)C(Cc2ccc(Cl)cc2F)C1. The lowest BCUT2D eigenvalue weighted by Gasteiger charge is -2.36. The molecule has 3 heteroatoms. The summed E-state index contributed by atoms with van der Waals surface area (Å²) in [6, 6.07) is 5.03. The molecule has 0 amide bonds. The van der Waals surface area contributed by atoms with E-state index in [1.54, 1.807) is 6.07 Å². The molecule has 0 spiro atoms. The minimum absolute atomic E-state index is 0.175. The largest absolute Gasteiger partial charge is 0.330 e. The molecule has 0 radical (unpaired) electrons. The van der Waals surface area contributed by atoms with E-state index in [1.165, 1.54) is 38.2 Å². The molecule has 1 aromatic rings. The van der Waals surface area contributed by atoms with E-state index in [-0.39, 0.29) is 5.82 Å². The van der Waals surface area contributed by atoms with Crippen LogP contribution in [0.3, 0.4) is 0 Å². The van der Waals surface area contributed by atoms with Gasteiger partial charge in [-0.15, -0.1) is 0 Å². The lowest BCUT2D eigenvalue weighted by atomic mass is 9.70. The summed E-state index contributed by atoms with van der Waals surface area (Å²) in [5.74, 6) is 1.67. The molecule has 2 rings (SSSR count). The van der Waals surface area contributed by atoms with Gasteiger partial charge in [0, 0.05) is 5.02 Å². The highest BCUT2D eigenvalue weighted by Gasteiger charge is 2.29. The van der Waals surface area contributed by atoms with Gasteiger partial charge in [0.1, 0.15) is 5.82 Å². The van der Waals surface area contributed by atoms with Gasteiger partial charge in [-0.1, -0.05) is 43.9 Å². The maximum atomic E-state index is 14.0. The van der Waals surface area contributed by atoms with Crippen molar-refractivity contribution in [2.75, 3.05) is 6.54 Å².